The molecule has 0 aromatic heterocycles. The van der Waals surface area contributed by atoms with E-state index < -0.39 is 18.3 Å². The zero-order valence-electron chi connectivity index (χ0n) is 7.84. The van der Waals surface area contributed by atoms with Crippen molar-refractivity contribution in [1.29, 1.82) is 0 Å². The van der Waals surface area contributed by atoms with Crippen LogP contribution in [0.1, 0.15) is 11.1 Å². The zero-order chi connectivity index (χ0) is 11.1. The summed E-state index contributed by atoms with van der Waals surface area (Å²) >= 11 is 0. The van der Waals surface area contributed by atoms with Crippen molar-refractivity contribution in [3.8, 4) is 0 Å². The quantitative estimate of drug-likeness (QED) is 0.720. The Kier molecular flexibility index (Phi) is 2.24. The van der Waals surface area contributed by atoms with Crippen LogP contribution in [0.25, 0.3) is 0 Å². The van der Waals surface area contributed by atoms with Gasteiger partial charge in [-0.1, -0.05) is 24.3 Å². The minimum absolute atomic E-state index is 0.115. The highest BCUT2D eigenvalue weighted by atomic mass is 19.4. The molecule has 1 aromatic carbocycles. The summed E-state index contributed by atoms with van der Waals surface area (Å²) in [5, 5.41) is 0. The monoisotopic (exact) mass is 217 g/mol. The van der Waals surface area contributed by atoms with Gasteiger partial charge in [-0.2, -0.15) is 13.2 Å². The van der Waals surface area contributed by atoms with E-state index in [9.17, 15) is 13.2 Å². The summed E-state index contributed by atoms with van der Waals surface area (Å²) in [5.74, 6) is 0. The van der Waals surface area contributed by atoms with Crippen LogP contribution >= 0.6 is 0 Å². The Morgan fingerprint density at radius 3 is 2.60 bits per heavy atom. The van der Waals surface area contributed by atoms with Gasteiger partial charge in [-0.05, 0) is 11.1 Å². The molecule has 0 radical (unpaired) electrons. The third-order valence-corrected chi connectivity index (χ3v) is 2.59. The molecule has 1 unspecified atom stereocenters. The van der Waals surface area contributed by atoms with Crippen LogP contribution in [0, 0.1) is 0 Å². The van der Waals surface area contributed by atoms with Crippen molar-refractivity contribution < 1.29 is 17.9 Å². The van der Waals surface area contributed by atoms with Gasteiger partial charge >= 0.3 is 6.18 Å². The fourth-order valence-corrected chi connectivity index (χ4v) is 1.72. The molecule has 5 heteroatoms. The Bertz CT molecular complexity index is 377. The van der Waals surface area contributed by atoms with Gasteiger partial charge in [0.15, 0.2) is 5.54 Å². The molecule has 0 aliphatic carbocycles. The van der Waals surface area contributed by atoms with E-state index in [4.69, 9.17) is 10.5 Å². The van der Waals surface area contributed by atoms with Crippen LogP contribution in [-0.2, 0) is 16.9 Å². The lowest BCUT2D eigenvalue weighted by atomic mass is 9.86. The van der Waals surface area contributed by atoms with Crippen molar-refractivity contribution in [3.63, 3.8) is 0 Å². The topological polar surface area (TPSA) is 35.2 Å². The number of halogens is 3. The third kappa shape index (κ3) is 1.52. The van der Waals surface area contributed by atoms with E-state index in [1.54, 1.807) is 18.2 Å². The van der Waals surface area contributed by atoms with E-state index in [-0.39, 0.29) is 12.2 Å². The average Bonchev–Trinajstić information content (AvgIpc) is 2.17. The maximum Gasteiger partial charge on any atom is 0.412 e. The number of hydrogen-bond acceptors (Lipinski definition) is 2. The largest absolute Gasteiger partial charge is 0.412 e. The summed E-state index contributed by atoms with van der Waals surface area (Å²) in [6, 6.07) is 6.23. The molecule has 2 N–H and O–H groups in total. The lowest BCUT2D eigenvalue weighted by molar-refractivity contribution is -0.210. The number of fused-ring (bicyclic) bond motifs is 1. The second-order valence-electron chi connectivity index (χ2n) is 3.62. The summed E-state index contributed by atoms with van der Waals surface area (Å²) < 4.78 is 43.3. The molecule has 0 amide bonds. The Hall–Kier alpha value is -1.07. The van der Waals surface area contributed by atoms with Crippen LogP contribution in [0.5, 0.6) is 0 Å². The van der Waals surface area contributed by atoms with E-state index in [2.05, 4.69) is 0 Å². The number of rotatable bonds is 0. The Morgan fingerprint density at radius 2 is 1.93 bits per heavy atom. The highest BCUT2D eigenvalue weighted by molar-refractivity contribution is 5.36. The standard InChI is InChI=1S/C10H10F3NO/c11-10(12,13)9(14)6-15-5-7-3-1-2-4-8(7)9/h1-4H,5-6,14H2. The van der Waals surface area contributed by atoms with E-state index in [1.807, 2.05) is 0 Å². The van der Waals surface area contributed by atoms with E-state index in [1.165, 1.54) is 6.07 Å². The molecule has 1 heterocycles. The predicted molar refractivity (Wildman–Crippen MR) is 48.0 cm³/mol. The number of nitrogens with two attached hydrogens (primary N) is 1. The van der Waals surface area contributed by atoms with Crippen LogP contribution in [0.4, 0.5) is 13.2 Å². The first-order valence-electron chi connectivity index (χ1n) is 4.47. The normalized spacial score (nSPS) is 26.1. The summed E-state index contributed by atoms with van der Waals surface area (Å²) in [6.45, 7) is -0.335. The molecule has 0 bridgehead atoms. The van der Waals surface area contributed by atoms with Crippen molar-refractivity contribution in [2.75, 3.05) is 6.61 Å². The predicted octanol–water partition coefficient (Wildman–Crippen LogP) is 1.93. The molecular weight excluding hydrogens is 207 g/mol. The van der Waals surface area contributed by atoms with E-state index >= 15 is 0 Å². The molecule has 1 aliphatic rings. The molecule has 0 saturated carbocycles. The molecule has 2 nitrogen and oxygen atoms in total. The van der Waals surface area contributed by atoms with Crippen molar-refractivity contribution in [2.24, 2.45) is 5.73 Å². The summed E-state index contributed by atoms with van der Waals surface area (Å²) in [5.41, 5.74) is 3.64. The van der Waals surface area contributed by atoms with Gasteiger partial charge in [0.1, 0.15) is 0 Å². The first-order chi connectivity index (χ1) is 6.95. The fraction of sp³-hybridized carbons (Fsp3) is 0.400. The van der Waals surface area contributed by atoms with Crippen LogP contribution < -0.4 is 5.73 Å². The maximum absolute atomic E-state index is 12.8. The third-order valence-electron chi connectivity index (χ3n) is 2.59. The highest BCUT2D eigenvalue weighted by Gasteiger charge is 2.55. The van der Waals surface area contributed by atoms with Gasteiger partial charge in [0.2, 0.25) is 0 Å². The molecule has 0 spiro atoms. The van der Waals surface area contributed by atoms with Gasteiger partial charge < -0.3 is 10.5 Å². The van der Waals surface area contributed by atoms with Crippen LogP contribution in [-0.4, -0.2) is 12.8 Å². The number of benzene rings is 1. The maximum atomic E-state index is 12.8. The van der Waals surface area contributed by atoms with Gasteiger partial charge in [0.25, 0.3) is 0 Å². The minimum atomic E-state index is -4.50. The SMILES string of the molecule is NC1(C(F)(F)F)COCc2ccccc21. The molecule has 0 saturated heterocycles. The molecule has 2 rings (SSSR count). The van der Waals surface area contributed by atoms with Crippen LogP contribution in [0.2, 0.25) is 0 Å². The summed E-state index contributed by atoms with van der Waals surface area (Å²) in [6.07, 6.45) is -4.50. The van der Waals surface area contributed by atoms with Crippen molar-refractivity contribution in [2.45, 2.75) is 18.3 Å². The fourth-order valence-electron chi connectivity index (χ4n) is 1.72. The average molecular weight is 217 g/mol. The Labute approximate surface area is 84.8 Å². The van der Waals surface area contributed by atoms with E-state index in [0.29, 0.717) is 5.56 Å². The molecule has 1 aromatic rings. The number of ether oxygens (including phenoxy) is 1. The van der Waals surface area contributed by atoms with Gasteiger partial charge in [0, 0.05) is 0 Å². The lowest BCUT2D eigenvalue weighted by Crippen LogP contribution is -2.56. The van der Waals surface area contributed by atoms with Gasteiger partial charge in [-0.3, -0.25) is 0 Å². The highest BCUT2D eigenvalue weighted by Crippen LogP contribution is 2.40. The van der Waals surface area contributed by atoms with Crippen LogP contribution in [0.3, 0.4) is 0 Å². The molecule has 0 fully saturated rings. The molecule has 15 heavy (non-hydrogen) atoms. The first kappa shape index (κ1) is 10.4. The van der Waals surface area contributed by atoms with Crippen LogP contribution in [0.15, 0.2) is 24.3 Å². The minimum Gasteiger partial charge on any atom is -0.374 e. The molecule has 82 valence electrons. The van der Waals surface area contributed by atoms with Crippen molar-refractivity contribution >= 4 is 0 Å². The van der Waals surface area contributed by atoms with Crippen molar-refractivity contribution in [3.05, 3.63) is 35.4 Å². The number of hydrogen-bond donors (Lipinski definition) is 1. The Morgan fingerprint density at radius 1 is 1.27 bits per heavy atom. The smallest absolute Gasteiger partial charge is 0.374 e. The second kappa shape index (κ2) is 3.21. The Balaban J connectivity index is 2.55. The van der Waals surface area contributed by atoms with Gasteiger partial charge in [0.05, 0.1) is 13.2 Å². The summed E-state index contributed by atoms with van der Waals surface area (Å²) in [7, 11) is 0. The van der Waals surface area contributed by atoms with Gasteiger partial charge in [-0.25, -0.2) is 0 Å². The molecular formula is C10H10F3NO. The van der Waals surface area contributed by atoms with Gasteiger partial charge in [-0.15, -0.1) is 0 Å². The van der Waals surface area contributed by atoms with E-state index in [0.717, 1.165) is 0 Å². The van der Waals surface area contributed by atoms with Crippen molar-refractivity contribution in [1.82, 2.24) is 0 Å². The molecule has 1 aliphatic heterocycles. The summed E-state index contributed by atoms with van der Waals surface area (Å²) in [4.78, 5) is 0. The first-order valence-corrected chi connectivity index (χ1v) is 4.47. The second-order valence-corrected chi connectivity index (χ2v) is 3.62. The zero-order valence-corrected chi connectivity index (χ0v) is 7.84. The number of alkyl halides is 3. The molecule has 1 atom stereocenters. The lowest BCUT2D eigenvalue weighted by Gasteiger charge is -2.36.